The average molecular weight is 206 g/mol. The minimum absolute atomic E-state index is 0.0173. The van der Waals surface area contributed by atoms with Crippen molar-refractivity contribution in [1.82, 2.24) is 4.57 Å². The second kappa shape index (κ2) is 3.50. The number of hydrogen-bond donors (Lipinski definition) is 0. The number of aromatic nitrogens is 1. The van der Waals surface area contributed by atoms with Crippen LogP contribution in [0.3, 0.4) is 0 Å². The van der Waals surface area contributed by atoms with Crippen molar-refractivity contribution in [2.75, 3.05) is 5.75 Å². The zero-order valence-electron chi connectivity index (χ0n) is 7.91. The van der Waals surface area contributed by atoms with Gasteiger partial charge in [0, 0.05) is 18.4 Å². The molecule has 0 saturated carbocycles. The van der Waals surface area contributed by atoms with Crippen LogP contribution in [0.2, 0.25) is 0 Å². The highest BCUT2D eigenvalue weighted by Crippen LogP contribution is 2.27. The molecule has 0 saturated heterocycles. The van der Waals surface area contributed by atoms with Crippen LogP contribution in [0.4, 0.5) is 0 Å². The van der Waals surface area contributed by atoms with Gasteiger partial charge >= 0.3 is 0 Å². The highest BCUT2D eigenvalue weighted by atomic mass is 32.2. The second-order valence-electron chi connectivity index (χ2n) is 3.31. The van der Waals surface area contributed by atoms with Gasteiger partial charge in [-0.05, 0) is 18.9 Å². The predicted molar refractivity (Wildman–Crippen MR) is 55.5 cm³/mol. The van der Waals surface area contributed by atoms with Crippen molar-refractivity contribution in [1.29, 1.82) is 5.26 Å². The van der Waals surface area contributed by atoms with E-state index in [9.17, 15) is 4.79 Å². The lowest BCUT2D eigenvalue weighted by Gasteiger charge is -2.19. The fourth-order valence-corrected chi connectivity index (χ4v) is 2.78. The molecule has 0 amide bonds. The molecular weight excluding hydrogens is 196 g/mol. The van der Waals surface area contributed by atoms with Crippen LogP contribution < -0.4 is 5.56 Å². The Hall–Kier alpha value is -1.21. The van der Waals surface area contributed by atoms with E-state index in [-0.39, 0.29) is 5.56 Å². The van der Waals surface area contributed by atoms with E-state index >= 15 is 0 Å². The maximum atomic E-state index is 11.6. The van der Waals surface area contributed by atoms with Crippen molar-refractivity contribution in [3.05, 3.63) is 27.5 Å². The molecule has 0 spiro atoms. The van der Waals surface area contributed by atoms with Gasteiger partial charge in [0.05, 0.1) is 10.6 Å². The third kappa shape index (κ3) is 1.34. The number of aryl methyl sites for hydroxylation is 1. The van der Waals surface area contributed by atoms with Crippen molar-refractivity contribution in [2.45, 2.75) is 24.9 Å². The van der Waals surface area contributed by atoms with Gasteiger partial charge in [0.1, 0.15) is 6.07 Å². The summed E-state index contributed by atoms with van der Waals surface area (Å²) in [5.41, 5.74) is 1.47. The summed E-state index contributed by atoms with van der Waals surface area (Å²) < 4.78 is 1.71. The van der Waals surface area contributed by atoms with Gasteiger partial charge in [0.15, 0.2) is 0 Å². The minimum atomic E-state index is 0.0173. The van der Waals surface area contributed by atoms with Crippen LogP contribution in [0.1, 0.15) is 17.5 Å². The Bertz CT molecular complexity index is 470. The van der Waals surface area contributed by atoms with E-state index in [1.54, 1.807) is 22.4 Å². The lowest BCUT2D eigenvalue weighted by molar-refractivity contribution is 0.586. The largest absolute Gasteiger partial charge is 0.302 e. The minimum Gasteiger partial charge on any atom is -0.302 e. The molecule has 3 nitrogen and oxygen atoms in total. The molecule has 0 radical (unpaired) electrons. The first-order chi connectivity index (χ1) is 6.74. The standard InChI is InChI=1S/C10H10N2OS/c1-7-5-9(13)12-3-2-4-14-10(12)8(7)6-11/h5H,2-4H2,1H3. The molecule has 1 aromatic rings. The quantitative estimate of drug-likeness (QED) is 0.646. The van der Waals surface area contributed by atoms with E-state index < -0.39 is 0 Å². The number of nitrogens with zero attached hydrogens (tertiary/aromatic N) is 2. The van der Waals surface area contributed by atoms with E-state index in [2.05, 4.69) is 6.07 Å². The lowest BCUT2D eigenvalue weighted by Crippen LogP contribution is -2.25. The van der Waals surface area contributed by atoms with E-state index in [4.69, 9.17) is 5.26 Å². The van der Waals surface area contributed by atoms with Crippen LogP contribution in [0, 0.1) is 18.3 Å². The molecule has 0 bridgehead atoms. The van der Waals surface area contributed by atoms with E-state index in [0.717, 1.165) is 29.3 Å². The highest BCUT2D eigenvalue weighted by Gasteiger charge is 2.16. The zero-order chi connectivity index (χ0) is 10.1. The summed E-state index contributed by atoms with van der Waals surface area (Å²) in [5, 5.41) is 9.84. The molecule has 1 aliphatic heterocycles. The van der Waals surface area contributed by atoms with E-state index in [1.807, 2.05) is 6.92 Å². The Morgan fingerprint density at radius 3 is 3.14 bits per heavy atom. The Morgan fingerprint density at radius 2 is 2.43 bits per heavy atom. The molecule has 0 unspecified atom stereocenters. The maximum Gasteiger partial charge on any atom is 0.251 e. The van der Waals surface area contributed by atoms with E-state index in [1.165, 1.54) is 0 Å². The molecule has 0 N–H and O–H groups in total. The number of thioether (sulfide) groups is 1. The van der Waals surface area contributed by atoms with Crippen LogP contribution in [0.5, 0.6) is 0 Å². The van der Waals surface area contributed by atoms with Gasteiger partial charge in [0.2, 0.25) is 0 Å². The summed E-state index contributed by atoms with van der Waals surface area (Å²) >= 11 is 1.61. The Morgan fingerprint density at radius 1 is 1.64 bits per heavy atom. The Balaban J connectivity index is 2.75. The SMILES string of the molecule is Cc1cc(=O)n2c(c1C#N)SCCC2. The number of nitriles is 1. The van der Waals surface area contributed by atoms with Gasteiger partial charge in [-0.3, -0.25) is 4.79 Å². The third-order valence-electron chi connectivity index (χ3n) is 2.34. The van der Waals surface area contributed by atoms with Gasteiger partial charge in [-0.2, -0.15) is 5.26 Å². The summed E-state index contributed by atoms with van der Waals surface area (Å²) in [7, 11) is 0. The number of fused-ring (bicyclic) bond motifs is 1. The highest BCUT2D eigenvalue weighted by molar-refractivity contribution is 7.99. The molecule has 72 valence electrons. The molecule has 0 atom stereocenters. The second-order valence-corrected chi connectivity index (χ2v) is 4.39. The molecule has 0 aromatic carbocycles. The fraction of sp³-hybridized carbons (Fsp3) is 0.400. The fourth-order valence-electron chi connectivity index (χ4n) is 1.63. The summed E-state index contributed by atoms with van der Waals surface area (Å²) in [5.74, 6) is 0.998. The normalized spacial score (nSPS) is 14.6. The van der Waals surface area contributed by atoms with Gasteiger partial charge in [0.25, 0.3) is 5.56 Å². The lowest BCUT2D eigenvalue weighted by atomic mass is 10.2. The van der Waals surface area contributed by atoms with Crippen molar-refractivity contribution in [2.24, 2.45) is 0 Å². The topological polar surface area (TPSA) is 45.8 Å². The molecule has 1 aliphatic rings. The van der Waals surface area contributed by atoms with Crippen LogP contribution in [0.15, 0.2) is 15.9 Å². The Labute approximate surface area is 86.4 Å². The molecule has 0 aliphatic carbocycles. The van der Waals surface area contributed by atoms with Crippen molar-refractivity contribution < 1.29 is 0 Å². The van der Waals surface area contributed by atoms with Gasteiger partial charge in [-0.15, -0.1) is 11.8 Å². The van der Waals surface area contributed by atoms with Crippen LogP contribution in [-0.2, 0) is 6.54 Å². The van der Waals surface area contributed by atoms with E-state index in [0.29, 0.717) is 5.56 Å². The summed E-state index contributed by atoms with van der Waals surface area (Å²) in [6.45, 7) is 2.56. The molecule has 2 rings (SSSR count). The number of pyridine rings is 1. The molecular formula is C10H10N2OS. The number of hydrogen-bond acceptors (Lipinski definition) is 3. The first-order valence-electron chi connectivity index (χ1n) is 4.51. The van der Waals surface area contributed by atoms with Crippen molar-refractivity contribution >= 4 is 11.8 Å². The summed E-state index contributed by atoms with van der Waals surface area (Å²) in [6.07, 6.45) is 1.01. The monoisotopic (exact) mass is 206 g/mol. The Kier molecular flexibility index (Phi) is 2.34. The van der Waals surface area contributed by atoms with Crippen LogP contribution in [0.25, 0.3) is 0 Å². The predicted octanol–water partition coefficient (Wildman–Crippen LogP) is 1.52. The maximum absolute atomic E-state index is 11.6. The first-order valence-corrected chi connectivity index (χ1v) is 5.50. The molecule has 14 heavy (non-hydrogen) atoms. The van der Waals surface area contributed by atoms with Crippen LogP contribution in [-0.4, -0.2) is 10.3 Å². The molecule has 2 heterocycles. The van der Waals surface area contributed by atoms with Crippen LogP contribution >= 0.6 is 11.8 Å². The van der Waals surface area contributed by atoms with Crippen molar-refractivity contribution in [3.63, 3.8) is 0 Å². The first kappa shape index (κ1) is 9.35. The van der Waals surface area contributed by atoms with Crippen molar-refractivity contribution in [3.8, 4) is 6.07 Å². The zero-order valence-corrected chi connectivity index (χ0v) is 8.73. The third-order valence-corrected chi connectivity index (χ3v) is 3.53. The molecule has 0 fully saturated rings. The average Bonchev–Trinajstić information content (AvgIpc) is 2.18. The van der Waals surface area contributed by atoms with Gasteiger partial charge in [-0.1, -0.05) is 0 Å². The number of rotatable bonds is 0. The van der Waals surface area contributed by atoms with Gasteiger partial charge < -0.3 is 4.57 Å². The molecule has 1 aromatic heterocycles. The van der Waals surface area contributed by atoms with Gasteiger partial charge in [-0.25, -0.2) is 0 Å². The smallest absolute Gasteiger partial charge is 0.251 e. The molecule has 4 heteroatoms. The summed E-state index contributed by atoms with van der Waals surface area (Å²) in [6, 6.07) is 3.72. The summed E-state index contributed by atoms with van der Waals surface area (Å²) in [4.78, 5) is 11.6.